The fourth-order valence-electron chi connectivity index (χ4n) is 1.63. The van der Waals surface area contributed by atoms with Gasteiger partial charge in [-0.3, -0.25) is 9.52 Å². The Morgan fingerprint density at radius 1 is 1.43 bits per heavy atom. The molecule has 2 atom stereocenters. The molecule has 6 nitrogen and oxygen atoms in total. The molecule has 8 heteroatoms. The molecule has 0 heterocycles. The topological polar surface area (TPSA) is 101 Å². The molecule has 0 aliphatic carbocycles. The van der Waals surface area contributed by atoms with Crippen molar-refractivity contribution in [1.82, 2.24) is 0 Å². The van der Waals surface area contributed by atoms with E-state index >= 15 is 0 Å². The average molecular weight is 334 g/mol. The Morgan fingerprint density at radius 3 is 2.57 bits per heavy atom. The van der Waals surface area contributed by atoms with Crippen molar-refractivity contribution in [2.75, 3.05) is 16.3 Å². The van der Waals surface area contributed by atoms with E-state index in [4.69, 9.17) is 17.3 Å². The maximum absolute atomic E-state index is 12.0. The standard InChI is InChI=1S/C13H20ClN3O3S/c1-4-8(2)12(15)13(18)16-11-7-9(5-6-10(11)14)17-21(3,19)20/h5-8,12,17H,4,15H2,1-3H3,(H,16,18)/t8?,12-/m0/s1. The predicted octanol–water partition coefficient (Wildman–Crippen LogP) is 2.02. The summed E-state index contributed by atoms with van der Waals surface area (Å²) in [6, 6.07) is 3.80. The van der Waals surface area contributed by atoms with Crippen LogP contribution in [0.3, 0.4) is 0 Å². The Bertz CT molecular complexity index is 619. The number of nitrogens with one attached hydrogen (secondary N) is 2. The minimum atomic E-state index is -3.40. The maximum Gasteiger partial charge on any atom is 0.241 e. The molecule has 0 aliphatic heterocycles. The highest BCUT2D eigenvalue weighted by molar-refractivity contribution is 7.92. The summed E-state index contributed by atoms with van der Waals surface area (Å²) in [7, 11) is -3.40. The average Bonchev–Trinajstić information content (AvgIpc) is 2.39. The van der Waals surface area contributed by atoms with E-state index in [0.29, 0.717) is 16.4 Å². The number of benzene rings is 1. The zero-order chi connectivity index (χ0) is 16.2. The molecular formula is C13H20ClN3O3S. The Hall–Kier alpha value is -1.31. The van der Waals surface area contributed by atoms with Gasteiger partial charge < -0.3 is 11.1 Å². The van der Waals surface area contributed by atoms with Crippen molar-refractivity contribution in [2.45, 2.75) is 26.3 Å². The zero-order valence-electron chi connectivity index (χ0n) is 12.2. The summed E-state index contributed by atoms with van der Waals surface area (Å²) in [6.45, 7) is 3.83. The van der Waals surface area contributed by atoms with Crippen LogP contribution in [0.15, 0.2) is 18.2 Å². The van der Waals surface area contributed by atoms with E-state index < -0.39 is 16.1 Å². The number of amides is 1. The summed E-state index contributed by atoms with van der Waals surface area (Å²) in [4.78, 5) is 12.0. The Morgan fingerprint density at radius 2 is 2.05 bits per heavy atom. The monoisotopic (exact) mass is 333 g/mol. The fourth-order valence-corrected chi connectivity index (χ4v) is 2.35. The van der Waals surface area contributed by atoms with Gasteiger partial charge in [-0.25, -0.2) is 8.42 Å². The van der Waals surface area contributed by atoms with Crippen LogP contribution < -0.4 is 15.8 Å². The molecule has 0 aliphatic rings. The molecule has 21 heavy (non-hydrogen) atoms. The summed E-state index contributed by atoms with van der Waals surface area (Å²) in [5.41, 5.74) is 6.47. The van der Waals surface area contributed by atoms with Crippen molar-refractivity contribution < 1.29 is 13.2 Å². The number of carbonyl (C=O) groups excluding carboxylic acids is 1. The van der Waals surface area contributed by atoms with E-state index in [1.54, 1.807) is 0 Å². The molecule has 1 amide bonds. The van der Waals surface area contributed by atoms with Gasteiger partial charge in [0.1, 0.15) is 0 Å². The molecule has 0 saturated carbocycles. The van der Waals surface area contributed by atoms with Crippen LogP contribution in [-0.2, 0) is 14.8 Å². The Balaban J connectivity index is 2.92. The highest BCUT2D eigenvalue weighted by atomic mass is 35.5. The third-order valence-electron chi connectivity index (χ3n) is 3.09. The van der Waals surface area contributed by atoms with Crippen LogP contribution >= 0.6 is 11.6 Å². The number of rotatable bonds is 6. The molecule has 0 bridgehead atoms. The SMILES string of the molecule is CCC(C)[C@H](N)C(=O)Nc1cc(NS(C)(=O)=O)ccc1Cl. The number of anilines is 2. The lowest BCUT2D eigenvalue weighted by atomic mass is 9.99. The van der Waals surface area contributed by atoms with Crippen LogP contribution in [0.25, 0.3) is 0 Å². The minimum Gasteiger partial charge on any atom is -0.323 e. The molecule has 1 unspecified atom stereocenters. The normalized spacial score (nSPS) is 14.3. The van der Waals surface area contributed by atoms with E-state index in [1.165, 1.54) is 18.2 Å². The molecule has 4 N–H and O–H groups in total. The number of sulfonamides is 1. The second-order valence-corrected chi connectivity index (χ2v) is 7.13. The molecular weight excluding hydrogens is 314 g/mol. The van der Waals surface area contributed by atoms with Gasteiger partial charge in [-0.15, -0.1) is 0 Å². The van der Waals surface area contributed by atoms with Crippen LogP contribution in [-0.4, -0.2) is 26.6 Å². The zero-order valence-corrected chi connectivity index (χ0v) is 13.8. The van der Waals surface area contributed by atoms with E-state index in [2.05, 4.69) is 10.0 Å². The van der Waals surface area contributed by atoms with Crippen LogP contribution in [0.5, 0.6) is 0 Å². The molecule has 1 aromatic rings. The summed E-state index contributed by atoms with van der Waals surface area (Å²) in [5.74, 6) is -0.330. The third-order valence-corrected chi connectivity index (χ3v) is 4.02. The number of carbonyl (C=O) groups is 1. The van der Waals surface area contributed by atoms with Gasteiger partial charge in [0, 0.05) is 0 Å². The molecule has 1 rings (SSSR count). The van der Waals surface area contributed by atoms with Crippen molar-refractivity contribution in [1.29, 1.82) is 0 Å². The predicted molar refractivity (Wildman–Crippen MR) is 86.0 cm³/mol. The van der Waals surface area contributed by atoms with Gasteiger partial charge in [0.2, 0.25) is 15.9 Å². The van der Waals surface area contributed by atoms with Crippen LogP contribution in [0.4, 0.5) is 11.4 Å². The first kappa shape index (κ1) is 17.7. The van der Waals surface area contributed by atoms with Gasteiger partial charge in [0.05, 0.1) is 28.7 Å². The lowest BCUT2D eigenvalue weighted by molar-refractivity contribution is -0.118. The lowest BCUT2D eigenvalue weighted by Gasteiger charge is -2.18. The highest BCUT2D eigenvalue weighted by Gasteiger charge is 2.20. The summed E-state index contributed by atoms with van der Waals surface area (Å²) in [5, 5.41) is 2.93. The summed E-state index contributed by atoms with van der Waals surface area (Å²) >= 11 is 6.00. The molecule has 0 spiro atoms. The summed E-state index contributed by atoms with van der Waals surface area (Å²) < 4.78 is 24.7. The van der Waals surface area contributed by atoms with Crippen molar-refractivity contribution in [3.63, 3.8) is 0 Å². The molecule has 0 saturated heterocycles. The van der Waals surface area contributed by atoms with Crippen molar-refractivity contribution >= 4 is 38.9 Å². The number of halogens is 1. The van der Waals surface area contributed by atoms with Gasteiger partial charge in [0.15, 0.2) is 0 Å². The minimum absolute atomic E-state index is 0.0288. The summed E-state index contributed by atoms with van der Waals surface area (Å²) in [6.07, 6.45) is 1.82. The molecule has 0 radical (unpaired) electrons. The van der Waals surface area contributed by atoms with E-state index in [9.17, 15) is 13.2 Å². The molecule has 0 fully saturated rings. The second kappa shape index (κ2) is 7.11. The maximum atomic E-state index is 12.0. The van der Waals surface area contributed by atoms with Crippen LogP contribution in [0.2, 0.25) is 5.02 Å². The molecule has 1 aromatic carbocycles. The first-order valence-corrected chi connectivity index (χ1v) is 8.74. The smallest absolute Gasteiger partial charge is 0.241 e. The first-order chi connectivity index (χ1) is 9.64. The van der Waals surface area contributed by atoms with Crippen LogP contribution in [0, 0.1) is 5.92 Å². The fraction of sp³-hybridized carbons (Fsp3) is 0.462. The second-order valence-electron chi connectivity index (χ2n) is 4.97. The third kappa shape index (κ3) is 5.53. The molecule has 118 valence electrons. The quantitative estimate of drug-likeness (QED) is 0.741. The van der Waals surface area contributed by atoms with E-state index in [-0.39, 0.29) is 11.8 Å². The lowest BCUT2D eigenvalue weighted by Crippen LogP contribution is -2.40. The van der Waals surface area contributed by atoms with Crippen LogP contribution in [0.1, 0.15) is 20.3 Å². The Kier molecular flexibility index (Phi) is 6.00. The number of hydrogen-bond donors (Lipinski definition) is 3. The van der Waals surface area contributed by atoms with Gasteiger partial charge in [-0.05, 0) is 24.1 Å². The van der Waals surface area contributed by atoms with Gasteiger partial charge >= 0.3 is 0 Å². The van der Waals surface area contributed by atoms with E-state index in [0.717, 1.165) is 12.7 Å². The van der Waals surface area contributed by atoms with Crippen molar-refractivity contribution in [2.24, 2.45) is 11.7 Å². The first-order valence-electron chi connectivity index (χ1n) is 6.47. The van der Waals surface area contributed by atoms with Gasteiger partial charge in [0.25, 0.3) is 0 Å². The van der Waals surface area contributed by atoms with Crippen molar-refractivity contribution in [3.8, 4) is 0 Å². The Labute approximate surface area is 130 Å². The van der Waals surface area contributed by atoms with E-state index in [1.807, 2.05) is 13.8 Å². The van der Waals surface area contributed by atoms with Gasteiger partial charge in [-0.2, -0.15) is 0 Å². The molecule has 0 aromatic heterocycles. The van der Waals surface area contributed by atoms with Crippen molar-refractivity contribution in [3.05, 3.63) is 23.2 Å². The number of nitrogens with two attached hydrogens (primary N) is 1. The number of hydrogen-bond acceptors (Lipinski definition) is 4. The van der Waals surface area contributed by atoms with Gasteiger partial charge in [-0.1, -0.05) is 31.9 Å². The highest BCUT2D eigenvalue weighted by Crippen LogP contribution is 2.26. The largest absolute Gasteiger partial charge is 0.323 e.